The molecule has 3 nitrogen and oxygen atoms in total. The molecule has 0 aromatic carbocycles. The summed E-state index contributed by atoms with van der Waals surface area (Å²) in [5.41, 5.74) is 0. The lowest BCUT2D eigenvalue weighted by molar-refractivity contribution is -0.145. The summed E-state index contributed by atoms with van der Waals surface area (Å²) in [5, 5.41) is 0. The van der Waals surface area contributed by atoms with Gasteiger partial charge in [0.1, 0.15) is 0 Å². The van der Waals surface area contributed by atoms with Gasteiger partial charge in [0.25, 0.3) is 0 Å². The molecule has 1 aliphatic rings. The molecule has 1 rings (SSSR count). The minimum Gasteiger partial charge on any atom is -0.373 e. The monoisotopic (exact) mass is 101 g/mol. The Balaban J connectivity index is 2.24. The van der Waals surface area contributed by atoms with Gasteiger partial charge in [-0.1, -0.05) is 0 Å². The van der Waals surface area contributed by atoms with Gasteiger partial charge in [-0.05, 0) is 12.8 Å². The van der Waals surface area contributed by atoms with Gasteiger partial charge in [0.2, 0.25) is 0 Å². The van der Waals surface area contributed by atoms with Crippen LogP contribution in [0, 0.1) is 5.92 Å². The first-order valence-electron chi connectivity index (χ1n) is 2.25. The van der Waals surface area contributed by atoms with Gasteiger partial charge in [-0.25, -0.2) is 0 Å². The second-order valence-corrected chi connectivity index (χ2v) is 1.71. The number of nitrogens with two attached hydrogens (primary N) is 1. The maximum Gasteiger partial charge on any atom is 0.327 e. The third-order valence-corrected chi connectivity index (χ3v) is 1.03. The molecule has 0 heterocycles. The Morgan fingerprint density at radius 1 is 1.71 bits per heavy atom. The van der Waals surface area contributed by atoms with E-state index in [1.165, 1.54) is 0 Å². The highest BCUT2D eigenvalue weighted by atomic mass is 16.7. The van der Waals surface area contributed by atoms with E-state index in [9.17, 15) is 4.79 Å². The molecule has 40 valence electrons. The lowest BCUT2D eigenvalue weighted by atomic mass is 10.5. The van der Waals surface area contributed by atoms with Crippen LogP contribution in [0.3, 0.4) is 0 Å². The summed E-state index contributed by atoms with van der Waals surface area (Å²) < 4.78 is 0. The summed E-state index contributed by atoms with van der Waals surface area (Å²) in [6, 6.07) is 0. The highest BCUT2D eigenvalue weighted by molar-refractivity contribution is 5.74. The summed E-state index contributed by atoms with van der Waals surface area (Å²) in [6.07, 6.45) is 1.91. The maximum absolute atomic E-state index is 10.2. The first-order valence-corrected chi connectivity index (χ1v) is 2.25. The standard InChI is InChI=1S/C4H7NO2/c5-7-4(6)3-1-2-3/h3H,1-2,5H2. The largest absolute Gasteiger partial charge is 0.373 e. The summed E-state index contributed by atoms with van der Waals surface area (Å²) in [7, 11) is 0. The van der Waals surface area contributed by atoms with E-state index in [0.717, 1.165) is 12.8 Å². The molecule has 0 saturated heterocycles. The van der Waals surface area contributed by atoms with Crippen molar-refractivity contribution < 1.29 is 9.63 Å². The van der Waals surface area contributed by atoms with E-state index in [1.54, 1.807) is 0 Å². The van der Waals surface area contributed by atoms with E-state index in [1.807, 2.05) is 0 Å². The van der Waals surface area contributed by atoms with Crippen molar-refractivity contribution in [3.63, 3.8) is 0 Å². The molecule has 0 unspecified atom stereocenters. The normalized spacial score (nSPS) is 19.0. The summed E-state index contributed by atoms with van der Waals surface area (Å²) in [4.78, 5) is 14.2. The van der Waals surface area contributed by atoms with Crippen LogP contribution in [0.5, 0.6) is 0 Å². The van der Waals surface area contributed by atoms with E-state index in [-0.39, 0.29) is 11.9 Å². The fourth-order valence-corrected chi connectivity index (χ4v) is 0.415. The lowest BCUT2D eigenvalue weighted by Gasteiger charge is -1.88. The molecule has 0 aromatic heterocycles. The molecular formula is C4H7NO2. The molecule has 0 amide bonds. The molecule has 2 N–H and O–H groups in total. The molecule has 3 heteroatoms. The van der Waals surface area contributed by atoms with Gasteiger partial charge in [-0.3, -0.25) is 4.79 Å². The Kier molecular flexibility index (Phi) is 0.982. The number of hydrogen-bond acceptors (Lipinski definition) is 3. The van der Waals surface area contributed by atoms with Gasteiger partial charge in [0.15, 0.2) is 0 Å². The number of rotatable bonds is 1. The zero-order valence-electron chi connectivity index (χ0n) is 3.89. The van der Waals surface area contributed by atoms with Crippen LogP contribution >= 0.6 is 0 Å². The van der Waals surface area contributed by atoms with Crippen molar-refractivity contribution in [3.05, 3.63) is 0 Å². The second-order valence-electron chi connectivity index (χ2n) is 1.71. The van der Waals surface area contributed by atoms with Gasteiger partial charge in [0.05, 0.1) is 5.92 Å². The molecular weight excluding hydrogens is 94.0 g/mol. The molecule has 1 saturated carbocycles. The van der Waals surface area contributed by atoms with Crippen molar-refractivity contribution >= 4 is 5.97 Å². The minimum absolute atomic E-state index is 0.130. The van der Waals surface area contributed by atoms with Gasteiger partial charge in [-0.15, -0.1) is 0 Å². The zero-order chi connectivity index (χ0) is 5.28. The number of carbonyl (C=O) groups is 1. The van der Waals surface area contributed by atoms with Crippen molar-refractivity contribution in [2.24, 2.45) is 11.8 Å². The summed E-state index contributed by atoms with van der Waals surface area (Å²) >= 11 is 0. The van der Waals surface area contributed by atoms with E-state index >= 15 is 0 Å². The van der Waals surface area contributed by atoms with Crippen molar-refractivity contribution in [1.82, 2.24) is 0 Å². The quantitative estimate of drug-likeness (QED) is 0.466. The van der Waals surface area contributed by atoms with Crippen molar-refractivity contribution in [2.75, 3.05) is 0 Å². The van der Waals surface area contributed by atoms with Crippen LogP contribution in [0.1, 0.15) is 12.8 Å². The Morgan fingerprint density at radius 2 is 2.29 bits per heavy atom. The fourth-order valence-electron chi connectivity index (χ4n) is 0.415. The van der Waals surface area contributed by atoms with Crippen molar-refractivity contribution in [2.45, 2.75) is 12.8 Å². The first-order chi connectivity index (χ1) is 3.34. The Morgan fingerprint density at radius 3 is 2.43 bits per heavy atom. The number of hydrogen-bond donors (Lipinski definition) is 1. The first kappa shape index (κ1) is 4.59. The Labute approximate surface area is 41.4 Å². The molecule has 0 atom stereocenters. The minimum atomic E-state index is -0.264. The van der Waals surface area contributed by atoms with Crippen LogP contribution in [0.25, 0.3) is 0 Å². The van der Waals surface area contributed by atoms with Crippen LogP contribution in [0.15, 0.2) is 0 Å². The summed E-state index contributed by atoms with van der Waals surface area (Å²) in [5.74, 6) is 4.43. The molecule has 0 aliphatic heterocycles. The molecule has 7 heavy (non-hydrogen) atoms. The van der Waals surface area contributed by atoms with Gasteiger partial charge < -0.3 is 4.84 Å². The molecule has 0 radical (unpaired) electrons. The molecule has 1 aliphatic carbocycles. The smallest absolute Gasteiger partial charge is 0.327 e. The molecule has 0 spiro atoms. The SMILES string of the molecule is NOC(=O)C1CC1. The van der Waals surface area contributed by atoms with Crippen molar-refractivity contribution in [3.8, 4) is 0 Å². The van der Waals surface area contributed by atoms with Crippen LogP contribution in [-0.2, 0) is 9.63 Å². The average Bonchev–Trinajstić information content (AvgIpc) is 2.44. The summed E-state index contributed by atoms with van der Waals surface area (Å²) in [6.45, 7) is 0. The topological polar surface area (TPSA) is 52.3 Å². The van der Waals surface area contributed by atoms with Gasteiger partial charge in [-0.2, -0.15) is 5.90 Å². The Hall–Kier alpha value is -0.570. The van der Waals surface area contributed by atoms with Crippen LogP contribution in [0.4, 0.5) is 0 Å². The molecule has 0 aromatic rings. The zero-order valence-corrected chi connectivity index (χ0v) is 3.89. The van der Waals surface area contributed by atoms with Crippen LogP contribution in [0.2, 0.25) is 0 Å². The van der Waals surface area contributed by atoms with Crippen molar-refractivity contribution in [1.29, 1.82) is 0 Å². The predicted molar refractivity (Wildman–Crippen MR) is 23.0 cm³/mol. The third-order valence-electron chi connectivity index (χ3n) is 1.03. The third kappa shape index (κ3) is 0.899. The van der Waals surface area contributed by atoms with E-state index in [4.69, 9.17) is 0 Å². The predicted octanol–water partition coefficient (Wildman–Crippen LogP) is -0.187. The fraction of sp³-hybridized carbons (Fsp3) is 0.750. The molecule has 0 bridgehead atoms. The molecule has 1 fully saturated rings. The van der Waals surface area contributed by atoms with E-state index < -0.39 is 0 Å². The average molecular weight is 101 g/mol. The second kappa shape index (κ2) is 1.50. The number of carbonyl (C=O) groups excluding carboxylic acids is 1. The van der Waals surface area contributed by atoms with Gasteiger partial charge in [0, 0.05) is 0 Å². The van der Waals surface area contributed by atoms with E-state index in [0.29, 0.717) is 0 Å². The Bertz CT molecular complexity index is 87.7. The highest BCUT2D eigenvalue weighted by Crippen LogP contribution is 2.29. The van der Waals surface area contributed by atoms with E-state index in [2.05, 4.69) is 10.7 Å². The maximum atomic E-state index is 10.2. The highest BCUT2D eigenvalue weighted by Gasteiger charge is 2.30. The van der Waals surface area contributed by atoms with Crippen LogP contribution < -0.4 is 5.90 Å². The lowest BCUT2D eigenvalue weighted by Crippen LogP contribution is -2.10. The van der Waals surface area contributed by atoms with Gasteiger partial charge >= 0.3 is 5.97 Å². The van der Waals surface area contributed by atoms with Crippen LogP contribution in [-0.4, -0.2) is 5.97 Å².